The summed E-state index contributed by atoms with van der Waals surface area (Å²) in [5, 5.41) is 0. The van der Waals surface area contributed by atoms with Gasteiger partial charge in [-0.15, -0.1) is 0 Å². The van der Waals surface area contributed by atoms with Crippen LogP contribution in [-0.2, 0) is 6.42 Å². The molecule has 0 amide bonds. The largest absolute Gasteiger partial charge is 0.399 e. The van der Waals surface area contributed by atoms with E-state index in [1.54, 1.807) is 0 Å². The number of nitrogens with two attached hydrogens (primary N) is 2. The maximum Gasteiger partial charge on any atom is 0.393 e. The first-order chi connectivity index (χ1) is 5.88. The van der Waals surface area contributed by atoms with Crippen LogP contribution in [-0.4, -0.2) is 6.18 Å². The molecule has 0 bridgehead atoms. The molecular weight excluding hydrogens is 181 g/mol. The highest BCUT2D eigenvalue weighted by molar-refractivity contribution is 5.55. The maximum absolute atomic E-state index is 12.0. The van der Waals surface area contributed by atoms with Crippen molar-refractivity contribution >= 4 is 11.4 Å². The van der Waals surface area contributed by atoms with Crippen molar-refractivity contribution in [2.75, 3.05) is 11.5 Å². The Morgan fingerprint density at radius 2 is 1.77 bits per heavy atom. The van der Waals surface area contributed by atoms with Crippen molar-refractivity contribution in [3.05, 3.63) is 23.8 Å². The fraction of sp³-hybridized carbons (Fsp3) is 0.250. The van der Waals surface area contributed by atoms with Crippen molar-refractivity contribution in [1.82, 2.24) is 0 Å². The van der Waals surface area contributed by atoms with E-state index in [4.69, 9.17) is 11.5 Å². The van der Waals surface area contributed by atoms with Gasteiger partial charge in [-0.1, -0.05) is 0 Å². The topological polar surface area (TPSA) is 52.0 Å². The van der Waals surface area contributed by atoms with Gasteiger partial charge < -0.3 is 11.5 Å². The summed E-state index contributed by atoms with van der Waals surface area (Å²) < 4.78 is 35.9. The third kappa shape index (κ3) is 2.85. The second-order valence-corrected chi connectivity index (χ2v) is 2.75. The molecule has 0 saturated carbocycles. The zero-order chi connectivity index (χ0) is 10.1. The van der Waals surface area contributed by atoms with Crippen molar-refractivity contribution < 1.29 is 13.2 Å². The van der Waals surface area contributed by atoms with E-state index in [2.05, 4.69) is 0 Å². The van der Waals surface area contributed by atoms with Gasteiger partial charge in [0.1, 0.15) is 0 Å². The number of alkyl halides is 3. The fourth-order valence-corrected chi connectivity index (χ4v) is 0.995. The molecule has 0 heterocycles. The van der Waals surface area contributed by atoms with Gasteiger partial charge in [0.05, 0.1) is 6.42 Å². The SMILES string of the molecule is Nc1ccc(N)c(CC(F)(F)F)c1. The lowest BCUT2D eigenvalue weighted by atomic mass is 10.1. The highest BCUT2D eigenvalue weighted by Crippen LogP contribution is 2.25. The van der Waals surface area contributed by atoms with Crippen LogP contribution in [0.3, 0.4) is 0 Å². The molecule has 0 fully saturated rings. The van der Waals surface area contributed by atoms with Crippen LogP contribution in [0.25, 0.3) is 0 Å². The van der Waals surface area contributed by atoms with Crippen LogP contribution in [0.2, 0.25) is 0 Å². The Kier molecular flexibility index (Phi) is 2.36. The lowest BCUT2D eigenvalue weighted by molar-refractivity contribution is -0.127. The Morgan fingerprint density at radius 1 is 1.15 bits per heavy atom. The molecule has 5 heteroatoms. The summed E-state index contributed by atoms with van der Waals surface area (Å²) in [6, 6.07) is 4.08. The van der Waals surface area contributed by atoms with Gasteiger partial charge in [0.25, 0.3) is 0 Å². The van der Waals surface area contributed by atoms with Crippen LogP contribution in [0, 0.1) is 0 Å². The zero-order valence-corrected chi connectivity index (χ0v) is 6.73. The first-order valence-electron chi connectivity index (χ1n) is 3.59. The first kappa shape index (κ1) is 9.70. The average Bonchev–Trinajstić information content (AvgIpc) is 1.94. The van der Waals surface area contributed by atoms with Gasteiger partial charge in [-0.2, -0.15) is 13.2 Å². The molecule has 2 nitrogen and oxygen atoms in total. The van der Waals surface area contributed by atoms with E-state index < -0.39 is 12.6 Å². The quantitative estimate of drug-likeness (QED) is 0.665. The second-order valence-electron chi connectivity index (χ2n) is 2.75. The molecule has 1 aromatic rings. The number of rotatable bonds is 1. The number of anilines is 2. The number of halogens is 3. The Balaban J connectivity index is 2.94. The van der Waals surface area contributed by atoms with E-state index in [1.165, 1.54) is 18.2 Å². The van der Waals surface area contributed by atoms with Gasteiger partial charge in [-0.25, -0.2) is 0 Å². The summed E-state index contributed by atoms with van der Waals surface area (Å²) in [7, 11) is 0. The van der Waals surface area contributed by atoms with Gasteiger partial charge >= 0.3 is 6.18 Å². The summed E-state index contributed by atoms with van der Waals surface area (Å²) in [5.74, 6) is 0. The normalized spacial score (nSPS) is 11.6. The second kappa shape index (κ2) is 3.16. The van der Waals surface area contributed by atoms with Crippen molar-refractivity contribution in [2.24, 2.45) is 0 Å². The lowest BCUT2D eigenvalue weighted by Gasteiger charge is -2.09. The van der Waals surface area contributed by atoms with Gasteiger partial charge in [0.2, 0.25) is 0 Å². The van der Waals surface area contributed by atoms with Crippen LogP contribution in [0.15, 0.2) is 18.2 Å². The Hall–Kier alpha value is -1.39. The summed E-state index contributed by atoms with van der Waals surface area (Å²) in [6.07, 6.45) is -5.29. The lowest BCUT2D eigenvalue weighted by Crippen LogP contribution is -2.13. The summed E-state index contributed by atoms with van der Waals surface area (Å²) in [5.41, 5.74) is 11.1. The molecule has 0 aliphatic carbocycles. The van der Waals surface area contributed by atoms with Crippen molar-refractivity contribution in [3.8, 4) is 0 Å². The zero-order valence-electron chi connectivity index (χ0n) is 6.73. The average molecular weight is 190 g/mol. The molecule has 0 saturated heterocycles. The number of hydrogen-bond acceptors (Lipinski definition) is 2. The predicted octanol–water partition coefficient (Wildman–Crippen LogP) is 1.96. The van der Waals surface area contributed by atoms with E-state index in [0.29, 0.717) is 0 Å². The third-order valence-electron chi connectivity index (χ3n) is 1.56. The molecule has 0 aliphatic heterocycles. The minimum Gasteiger partial charge on any atom is -0.399 e. The third-order valence-corrected chi connectivity index (χ3v) is 1.56. The summed E-state index contributed by atoms with van der Waals surface area (Å²) in [4.78, 5) is 0. The molecule has 72 valence electrons. The molecule has 0 aromatic heterocycles. The summed E-state index contributed by atoms with van der Waals surface area (Å²) in [6.45, 7) is 0. The molecule has 0 aliphatic rings. The minimum absolute atomic E-state index is 0.0208. The smallest absolute Gasteiger partial charge is 0.393 e. The van der Waals surface area contributed by atoms with Crippen LogP contribution in [0.4, 0.5) is 24.5 Å². The Morgan fingerprint density at radius 3 is 2.31 bits per heavy atom. The van der Waals surface area contributed by atoms with Gasteiger partial charge in [0, 0.05) is 11.4 Å². The fourth-order valence-electron chi connectivity index (χ4n) is 0.995. The van der Waals surface area contributed by atoms with Crippen LogP contribution in [0.1, 0.15) is 5.56 Å². The molecule has 0 radical (unpaired) electrons. The molecular formula is C8H9F3N2. The van der Waals surface area contributed by atoms with E-state index in [9.17, 15) is 13.2 Å². The van der Waals surface area contributed by atoms with E-state index in [1.807, 2.05) is 0 Å². The van der Waals surface area contributed by atoms with Crippen molar-refractivity contribution in [1.29, 1.82) is 0 Å². The number of hydrogen-bond donors (Lipinski definition) is 2. The van der Waals surface area contributed by atoms with E-state index in [0.717, 1.165) is 0 Å². The molecule has 0 unspecified atom stereocenters. The highest BCUT2D eigenvalue weighted by atomic mass is 19.4. The van der Waals surface area contributed by atoms with Crippen LogP contribution < -0.4 is 11.5 Å². The highest BCUT2D eigenvalue weighted by Gasteiger charge is 2.28. The van der Waals surface area contributed by atoms with Gasteiger partial charge in [0.15, 0.2) is 0 Å². The molecule has 13 heavy (non-hydrogen) atoms. The standard InChI is InChI=1S/C8H9F3N2/c9-8(10,11)4-5-3-6(12)1-2-7(5)13/h1-3H,4,12-13H2. The summed E-state index contributed by atoms with van der Waals surface area (Å²) >= 11 is 0. The predicted molar refractivity (Wildman–Crippen MR) is 45.0 cm³/mol. The molecule has 1 rings (SSSR count). The van der Waals surface area contributed by atoms with E-state index >= 15 is 0 Å². The molecule has 0 atom stereocenters. The minimum atomic E-state index is -4.25. The molecule has 1 aromatic carbocycles. The first-order valence-corrected chi connectivity index (χ1v) is 3.59. The van der Waals surface area contributed by atoms with E-state index in [-0.39, 0.29) is 16.9 Å². The van der Waals surface area contributed by atoms with Crippen LogP contribution >= 0.6 is 0 Å². The number of nitrogen functional groups attached to an aromatic ring is 2. The number of benzene rings is 1. The monoisotopic (exact) mass is 190 g/mol. The molecule has 0 spiro atoms. The van der Waals surface area contributed by atoms with Gasteiger partial charge in [-0.3, -0.25) is 0 Å². The Labute approximate surface area is 73.3 Å². The van der Waals surface area contributed by atoms with Crippen LogP contribution in [0.5, 0.6) is 0 Å². The molecule has 4 N–H and O–H groups in total. The van der Waals surface area contributed by atoms with Crippen molar-refractivity contribution in [2.45, 2.75) is 12.6 Å². The maximum atomic E-state index is 12.0. The van der Waals surface area contributed by atoms with Crippen molar-refractivity contribution in [3.63, 3.8) is 0 Å². The Bertz CT molecular complexity index is 307. The van der Waals surface area contributed by atoms with Gasteiger partial charge in [-0.05, 0) is 23.8 Å².